The minimum absolute atomic E-state index is 0.611. The molecule has 1 aliphatic carbocycles. The zero-order valence-electron chi connectivity index (χ0n) is 16.7. The fraction of sp³-hybridized carbons (Fsp3) is 0.417. The number of methoxy groups -OCH3 is 1. The maximum Gasteiger partial charge on any atom is 0.416 e. The van der Waals surface area contributed by atoms with Crippen molar-refractivity contribution in [2.75, 3.05) is 20.3 Å². The molecular formula is C24H27F3O2. The molecule has 156 valence electrons. The lowest BCUT2D eigenvalue weighted by atomic mass is 9.99. The second-order valence-corrected chi connectivity index (χ2v) is 7.36. The maximum absolute atomic E-state index is 12.8. The minimum Gasteiger partial charge on any atom is -0.494 e. The predicted octanol–water partition coefficient (Wildman–Crippen LogP) is 6.78. The number of halogens is 3. The third-order valence-corrected chi connectivity index (χ3v) is 5.18. The summed E-state index contributed by atoms with van der Waals surface area (Å²) in [4.78, 5) is 0. The van der Waals surface area contributed by atoms with E-state index in [2.05, 4.69) is 12.1 Å². The predicted molar refractivity (Wildman–Crippen MR) is 110 cm³/mol. The van der Waals surface area contributed by atoms with Gasteiger partial charge in [-0.05, 0) is 85.1 Å². The molecule has 29 heavy (non-hydrogen) atoms. The molecule has 0 heterocycles. The number of alkyl halides is 3. The van der Waals surface area contributed by atoms with Crippen LogP contribution in [0.25, 0.3) is 11.6 Å². The van der Waals surface area contributed by atoms with E-state index >= 15 is 0 Å². The molecule has 2 aromatic carbocycles. The van der Waals surface area contributed by atoms with E-state index in [1.807, 2.05) is 12.1 Å². The number of allylic oxidation sites excluding steroid dienone is 1. The number of rotatable bonds is 8. The van der Waals surface area contributed by atoms with E-state index in [0.717, 1.165) is 79.7 Å². The van der Waals surface area contributed by atoms with Crippen molar-refractivity contribution in [1.82, 2.24) is 0 Å². The third-order valence-electron chi connectivity index (χ3n) is 5.18. The van der Waals surface area contributed by atoms with E-state index in [1.165, 1.54) is 5.56 Å². The first-order chi connectivity index (χ1) is 14.0. The molecule has 0 atom stereocenters. The molecule has 0 saturated heterocycles. The average molecular weight is 404 g/mol. The summed E-state index contributed by atoms with van der Waals surface area (Å²) >= 11 is 0. The van der Waals surface area contributed by atoms with E-state index < -0.39 is 11.7 Å². The monoisotopic (exact) mass is 404 g/mol. The molecule has 0 amide bonds. The normalized spacial score (nSPS) is 14.1. The number of fused-ring (bicyclic) bond motifs is 1. The lowest BCUT2D eigenvalue weighted by Gasteiger charge is -2.10. The van der Waals surface area contributed by atoms with Crippen molar-refractivity contribution in [2.24, 2.45) is 0 Å². The fourth-order valence-corrected chi connectivity index (χ4v) is 3.57. The summed E-state index contributed by atoms with van der Waals surface area (Å²) in [6.45, 7) is 1.47. The molecule has 2 nitrogen and oxygen atoms in total. The van der Waals surface area contributed by atoms with Crippen LogP contribution < -0.4 is 4.74 Å². The molecule has 3 rings (SSSR count). The standard InChI is InChI=1S/C24H27F3O2/c1-28-14-3-2-4-15-29-23-13-10-21-16-19(6-5-7-20(21)17-23)18-8-11-22(12-9-18)24(25,26)27/h8-13,16-17H,2-7,14-15H2,1H3. The summed E-state index contributed by atoms with van der Waals surface area (Å²) in [5.74, 6) is 0.877. The summed E-state index contributed by atoms with van der Waals surface area (Å²) in [5, 5.41) is 0. The SMILES string of the molecule is COCCCCCOc1ccc2c(c1)CCCC(c1ccc(C(F)(F)F)cc1)=C2. The molecule has 0 spiro atoms. The van der Waals surface area contributed by atoms with Crippen LogP contribution in [-0.4, -0.2) is 20.3 Å². The van der Waals surface area contributed by atoms with E-state index in [-0.39, 0.29) is 0 Å². The first-order valence-corrected chi connectivity index (χ1v) is 10.1. The van der Waals surface area contributed by atoms with Crippen LogP contribution in [0.2, 0.25) is 0 Å². The highest BCUT2D eigenvalue weighted by molar-refractivity contribution is 5.83. The maximum atomic E-state index is 12.8. The van der Waals surface area contributed by atoms with E-state index in [9.17, 15) is 13.2 Å². The summed E-state index contributed by atoms with van der Waals surface area (Å²) in [6.07, 6.45) is 3.65. The molecule has 0 fully saturated rings. The molecule has 2 aromatic rings. The second kappa shape index (κ2) is 9.97. The fourth-order valence-electron chi connectivity index (χ4n) is 3.57. The molecule has 0 unspecified atom stereocenters. The van der Waals surface area contributed by atoms with Gasteiger partial charge in [-0.15, -0.1) is 0 Å². The largest absolute Gasteiger partial charge is 0.494 e. The van der Waals surface area contributed by atoms with Gasteiger partial charge in [-0.1, -0.05) is 24.3 Å². The van der Waals surface area contributed by atoms with Gasteiger partial charge in [0.15, 0.2) is 0 Å². The molecule has 0 radical (unpaired) electrons. The molecule has 0 aliphatic heterocycles. The van der Waals surface area contributed by atoms with Crippen molar-refractivity contribution < 1.29 is 22.6 Å². The highest BCUT2D eigenvalue weighted by atomic mass is 19.4. The summed E-state index contributed by atoms with van der Waals surface area (Å²) in [7, 11) is 1.71. The van der Waals surface area contributed by atoms with Crippen LogP contribution in [0.3, 0.4) is 0 Å². The molecular weight excluding hydrogens is 377 g/mol. The smallest absolute Gasteiger partial charge is 0.416 e. The van der Waals surface area contributed by atoms with Gasteiger partial charge >= 0.3 is 6.18 Å². The Morgan fingerprint density at radius 2 is 1.66 bits per heavy atom. The number of hydrogen-bond donors (Lipinski definition) is 0. The van der Waals surface area contributed by atoms with Crippen LogP contribution in [0.5, 0.6) is 5.75 Å². The minimum atomic E-state index is -4.30. The lowest BCUT2D eigenvalue weighted by Crippen LogP contribution is -2.04. The van der Waals surface area contributed by atoms with Gasteiger partial charge < -0.3 is 9.47 Å². The van der Waals surface area contributed by atoms with Crippen LogP contribution in [0.4, 0.5) is 13.2 Å². The second-order valence-electron chi connectivity index (χ2n) is 7.36. The van der Waals surface area contributed by atoms with Gasteiger partial charge in [0, 0.05) is 13.7 Å². The van der Waals surface area contributed by atoms with Crippen molar-refractivity contribution in [3.8, 4) is 5.75 Å². The first-order valence-electron chi connectivity index (χ1n) is 10.1. The Balaban J connectivity index is 1.67. The highest BCUT2D eigenvalue weighted by Crippen LogP contribution is 2.34. The topological polar surface area (TPSA) is 18.5 Å². The highest BCUT2D eigenvalue weighted by Gasteiger charge is 2.30. The molecule has 0 aromatic heterocycles. The van der Waals surface area contributed by atoms with Gasteiger partial charge in [0.2, 0.25) is 0 Å². The van der Waals surface area contributed by atoms with Crippen LogP contribution in [-0.2, 0) is 17.3 Å². The van der Waals surface area contributed by atoms with E-state index in [1.54, 1.807) is 19.2 Å². The Labute approximate surface area is 170 Å². The molecule has 5 heteroatoms. The number of hydrogen-bond acceptors (Lipinski definition) is 2. The Kier molecular flexibility index (Phi) is 7.37. The van der Waals surface area contributed by atoms with Crippen LogP contribution in [0, 0.1) is 0 Å². The van der Waals surface area contributed by atoms with Crippen molar-refractivity contribution in [1.29, 1.82) is 0 Å². The lowest BCUT2D eigenvalue weighted by molar-refractivity contribution is -0.137. The number of ether oxygens (including phenoxy) is 2. The van der Waals surface area contributed by atoms with Gasteiger partial charge in [0.25, 0.3) is 0 Å². The summed E-state index contributed by atoms with van der Waals surface area (Å²) in [5.41, 5.74) is 3.65. The Bertz CT molecular complexity index is 823. The zero-order chi connectivity index (χ0) is 20.7. The van der Waals surface area contributed by atoms with Crippen LogP contribution >= 0.6 is 0 Å². The van der Waals surface area contributed by atoms with Gasteiger partial charge in [0.1, 0.15) is 5.75 Å². The van der Waals surface area contributed by atoms with Crippen molar-refractivity contribution >= 4 is 11.6 Å². The number of aryl methyl sites for hydroxylation is 1. The summed E-state index contributed by atoms with van der Waals surface area (Å²) in [6, 6.07) is 11.6. The van der Waals surface area contributed by atoms with Gasteiger partial charge in [0.05, 0.1) is 12.2 Å². The van der Waals surface area contributed by atoms with Crippen molar-refractivity contribution in [2.45, 2.75) is 44.7 Å². The molecule has 0 saturated carbocycles. The Morgan fingerprint density at radius 3 is 2.38 bits per heavy atom. The molecule has 0 bridgehead atoms. The van der Waals surface area contributed by atoms with Crippen LogP contribution in [0.15, 0.2) is 42.5 Å². The Hall–Kier alpha value is -2.27. The third kappa shape index (κ3) is 6.10. The van der Waals surface area contributed by atoms with Crippen LogP contribution in [0.1, 0.15) is 54.4 Å². The number of unbranched alkanes of at least 4 members (excludes halogenated alkanes) is 2. The van der Waals surface area contributed by atoms with E-state index in [0.29, 0.717) is 6.61 Å². The Morgan fingerprint density at radius 1 is 0.897 bits per heavy atom. The molecule has 0 N–H and O–H groups in total. The van der Waals surface area contributed by atoms with Gasteiger partial charge in [-0.25, -0.2) is 0 Å². The zero-order valence-corrected chi connectivity index (χ0v) is 16.7. The number of benzene rings is 2. The van der Waals surface area contributed by atoms with Crippen molar-refractivity contribution in [3.05, 3.63) is 64.7 Å². The van der Waals surface area contributed by atoms with Crippen molar-refractivity contribution in [3.63, 3.8) is 0 Å². The summed E-state index contributed by atoms with van der Waals surface area (Å²) < 4.78 is 49.3. The van der Waals surface area contributed by atoms with Gasteiger partial charge in [-0.2, -0.15) is 13.2 Å². The average Bonchev–Trinajstić information content (AvgIpc) is 2.92. The van der Waals surface area contributed by atoms with Gasteiger partial charge in [-0.3, -0.25) is 0 Å². The quantitative estimate of drug-likeness (QED) is 0.452. The first kappa shape index (κ1) is 21.4. The molecule has 1 aliphatic rings. The van der Waals surface area contributed by atoms with E-state index in [4.69, 9.17) is 9.47 Å².